The first-order valence-electron chi connectivity index (χ1n) is 11.9. The van der Waals surface area contributed by atoms with Gasteiger partial charge in [-0.3, -0.25) is 4.79 Å². The summed E-state index contributed by atoms with van der Waals surface area (Å²) in [4.78, 5) is 37.6. The minimum Gasteiger partial charge on any atom is -0.496 e. The van der Waals surface area contributed by atoms with Gasteiger partial charge in [0.25, 0.3) is 0 Å². The molecular formula is C26H34N4O4S. The first kappa shape index (κ1) is 25.3. The van der Waals surface area contributed by atoms with Crippen molar-refractivity contribution in [1.82, 2.24) is 14.7 Å². The Morgan fingerprint density at radius 3 is 2.49 bits per heavy atom. The normalized spacial score (nSPS) is 20.9. The number of nitrogens with zero attached hydrogens (tertiary/aromatic N) is 4. The number of carbonyl (C=O) groups excluding carboxylic acids is 2. The summed E-state index contributed by atoms with van der Waals surface area (Å²) in [6.45, 7) is 10.5. The summed E-state index contributed by atoms with van der Waals surface area (Å²) in [7, 11) is 3.69. The Labute approximate surface area is 211 Å². The fraction of sp³-hybridized carbons (Fsp3) is 0.500. The molecule has 0 unspecified atom stereocenters. The third-order valence-electron chi connectivity index (χ3n) is 6.24. The van der Waals surface area contributed by atoms with E-state index in [0.717, 1.165) is 42.6 Å². The van der Waals surface area contributed by atoms with Crippen LogP contribution in [-0.4, -0.2) is 77.7 Å². The van der Waals surface area contributed by atoms with Crippen LogP contribution in [-0.2, 0) is 14.3 Å². The second-order valence-electron chi connectivity index (χ2n) is 10.00. The molecule has 4 rings (SSSR count). The molecule has 1 saturated heterocycles. The summed E-state index contributed by atoms with van der Waals surface area (Å²) in [5, 5.41) is 2.72. The lowest BCUT2D eigenvalue weighted by molar-refractivity contribution is -0.150. The van der Waals surface area contributed by atoms with E-state index in [-0.39, 0.29) is 12.3 Å². The average molecular weight is 499 g/mol. The van der Waals surface area contributed by atoms with Crippen LogP contribution in [0.2, 0.25) is 0 Å². The monoisotopic (exact) mass is 498 g/mol. The average Bonchev–Trinajstić information content (AvgIpc) is 3.19. The van der Waals surface area contributed by atoms with E-state index >= 15 is 0 Å². The zero-order valence-corrected chi connectivity index (χ0v) is 22.1. The second kappa shape index (κ2) is 10.1. The van der Waals surface area contributed by atoms with Gasteiger partial charge in [-0.15, -0.1) is 0 Å². The summed E-state index contributed by atoms with van der Waals surface area (Å²) >= 11 is 1.47. The number of para-hydroxylation sites is 1. The van der Waals surface area contributed by atoms with Gasteiger partial charge in [-0.1, -0.05) is 30.0 Å². The molecule has 9 heteroatoms. The van der Waals surface area contributed by atoms with Gasteiger partial charge in [-0.2, -0.15) is 0 Å². The Balaban J connectivity index is 1.71. The number of allylic oxidation sites excluding steroid dienone is 1. The maximum Gasteiger partial charge on any atom is 0.338 e. The van der Waals surface area contributed by atoms with Crippen molar-refractivity contribution in [3.8, 4) is 5.75 Å². The SMILES string of the molecule is COc1ccccc1[C@H]1C(C(=O)OC(C)(C)C)=C(C)N=C2SC=C(CC(=O)N3CCN(C)CC3)N21. The maximum atomic E-state index is 13.5. The Bertz CT molecular complexity index is 1100. The number of rotatable bonds is 5. The first-order valence-corrected chi connectivity index (χ1v) is 12.7. The Morgan fingerprint density at radius 1 is 1.14 bits per heavy atom. The van der Waals surface area contributed by atoms with Crippen molar-refractivity contribution in [1.29, 1.82) is 0 Å². The van der Waals surface area contributed by atoms with Crippen LogP contribution >= 0.6 is 11.8 Å². The van der Waals surface area contributed by atoms with E-state index < -0.39 is 17.6 Å². The smallest absolute Gasteiger partial charge is 0.338 e. The molecule has 3 aliphatic rings. The number of methoxy groups -OCH3 is 1. The zero-order valence-electron chi connectivity index (χ0n) is 21.3. The number of esters is 1. The third-order valence-corrected chi connectivity index (χ3v) is 7.13. The van der Waals surface area contributed by atoms with E-state index in [0.29, 0.717) is 17.0 Å². The number of hydrogen-bond donors (Lipinski definition) is 0. The van der Waals surface area contributed by atoms with E-state index in [1.54, 1.807) is 7.11 Å². The van der Waals surface area contributed by atoms with Crippen LogP contribution in [0.3, 0.4) is 0 Å². The van der Waals surface area contributed by atoms with Gasteiger partial charge in [0.1, 0.15) is 11.4 Å². The quantitative estimate of drug-likeness (QED) is 0.572. The van der Waals surface area contributed by atoms with Gasteiger partial charge in [-0.25, -0.2) is 9.79 Å². The molecule has 1 aromatic carbocycles. The summed E-state index contributed by atoms with van der Waals surface area (Å²) in [6.07, 6.45) is 0.238. The van der Waals surface area contributed by atoms with Crippen molar-refractivity contribution < 1.29 is 19.1 Å². The molecule has 0 spiro atoms. The summed E-state index contributed by atoms with van der Waals surface area (Å²) in [6, 6.07) is 7.14. The van der Waals surface area contributed by atoms with Gasteiger partial charge in [0.15, 0.2) is 5.17 Å². The van der Waals surface area contributed by atoms with Gasteiger partial charge in [0.2, 0.25) is 5.91 Å². The highest BCUT2D eigenvalue weighted by atomic mass is 32.2. The van der Waals surface area contributed by atoms with Crippen molar-refractivity contribution in [3.05, 3.63) is 52.2 Å². The van der Waals surface area contributed by atoms with Gasteiger partial charge in [0.05, 0.1) is 30.8 Å². The largest absolute Gasteiger partial charge is 0.496 e. The minimum absolute atomic E-state index is 0.0788. The minimum atomic E-state index is -0.657. The zero-order chi connectivity index (χ0) is 25.3. The highest BCUT2D eigenvalue weighted by molar-refractivity contribution is 8.16. The number of amidine groups is 1. The Morgan fingerprint density at radius 2 is 1.83 bits per heavy atom. The summed E-state index contributed by atoms with van der Waals surface area (Å²) in [5.74, 6) is 0.319. The van der Waals surface area contributed by atoms with Crippen molar-refractivity contribution >= 4 is 28.8 Å². The fourth-order valence-electron chi connectivity index (χ4n) is 4.47. The highest BCUT2D eigenvalue weighted by Crippen LogP contribution is 2.47. The van der Waals surface area contributed by atoms with E-state index in [1.165, 1.54) is 11.8 Å². The molecule has 0 aromatic heterocycles. The van der Waals surface area contributed by atoms with Gasteiger partial charge >= 0.3 is 5.97 Å². The summed E-state index contributed by atoms with van der Waals surface area (Å²) in [5.41, 5.74) is 2.04. The molecule has 35 heavy (non-hydrogen) atoms. The van der Waals surface area contributed by atoms with Crippen LogP contribution in [0.1, 0.15) is 45.7 Å². The van der Waals surface area contributed by atoms with E-state index in [2.05, 4.69) is 11.9 Å². The molecule has 1 atom stereocenters. The summed E-state index contributed by atoms with van der Waals surface area (Å²) < 4.78 is 11.5. The lowest BCUT2D eigenvalue weighted by Gasteiger charge is -2.38. The number of benzene rings is 1. The standard InChI is InChI=1S/C26H34N4O4S/c1-17-22(24(32)34-26(2,3)4)23(19-9-7-8-10-20(19)33-6)30-18(16-35-25(30)27-17)15-21(31)29-13-11-28(5)12-14-29/h7-10,16,23H,11-15H2,1-6H3/t23-/m0/s1. The molecular weight excluding hydrogens is 464 g/mol. The molecule has 0 radical (unpaired) electrons. The molecule has 0 saturated carbocycles. The number of likely N-dealkylation sites (N-methyl/N-ethyl adjacent to an activating group) is 1. The molecule has 8 nitrogen and oxygen atoms in total. The molecule has 1 fully saturated rings. The molecule has 3 heterocycles. The number of carbonyl (C=O) groups is 2. The molecule has 1 aromatic rings. The molecule has 0 bridgehead atoms. The number of thioether (sulfide) groups is 1. The third kappa shape index (κ3) is 5.41. The van der Waals surface area contributed by atoms with Gasteiger partial charge < -0.3 is 24.2 Å². The van der Waals surface area contributed by atoms with Gasteiger partial charge in [-0.05, 0) is 46.2 Å². The maximum absolute atomic E-state index is 13.5. The van der Waals surface area contributed by atoms with E-state index in [1.807, 2.05) is 67.2 Å². The molecule has 188 valence electrons. The van der Waals surface area contributed by atoms with Crippen LogP contribution in [0.25, 0.3) is 0 Å². The van der Waals surface area contributed by atoms with Gasteiger partial charge in [0, 0.05) is 37.4 Å². The highest BCUT2D eigenvalue weighted by Gasteiger charge is 2.43. The molecule has 0 N–H and O–H groups in total. The molecule has 1 amide bonds. The van der Waals surface area contributed by atoms with Crippen LogP contribution in [0.5, 0.6) is 5.75 Å². The van der Waals surface area contributed by atoms with Crippen molar-refractivity contribution in [2.24, 2.45) is 4.99 Å². The van der Waals surface area contributed by atoms with Crippen LogP contribution in [0, 0.1) is 0 Å². The molecule has 3 aliphatic heterocycles. The lowest BCUT2D eigenvalue weighted by Crippen LogP contribution is -2.47. The fourth-order valence-corrected chi connectivity index (χ4v) is 5.44. The number of aliphatic imine (C=N–C) groups is 1. The number of hydrogen-bond acceptors (Lipinski definition) is 8. The van der Waals surface area contributed by atoms with Crippen LogP contribution in [0.4, 0.5) is 0 Å². The second-order valence-corrected chi connectivity index (χ2v) is 10.8. The van der Waals surface area contributed by atoms with E-state index in [4.69, 9.17) is 14.5 Å². The number of amides is 1. The Kier molecular flexibility index (Phi) is 7.28. The number of fused-ring (bicyclic) bond motifs is 1. The van der Waals surface area contributed by atoms with Crippen molar-refractivity contribution in [3.63, 3.8) is 0 Å². The predicted molar refractivity (Wildman–Crippen MR) is 138 cm³/mol. The predicted octanol–water partition coefficient (Wildman–Crippen LogP) is 3.78. The lowest BCUT2D eigenvalue weighted by atomic mass is 9.93. The van der Waals surface area contributed by atoms with E-state index in [9.17, 15) is 9.59 Å². The molecule has 0 aliphatic carbocycles. The van der Waals surface area contributed by atoms with Crippen molar-refractivity contribution in [2.45, 2.75) is 45.8 Å². The van der Waals surface area contributed by atoms with Crippen molar-refractivity contribution in [2.75, 3.05) is 40.3 Å². The number of ether oxygens (including phenoxy) is 2. The first-order chi connectivity index (χ1) is 16.6. The number of piperazine rings is 1. The van der Waals surface area contributed by atoms with Crippen LogP contribution in [0.15, 0.2) is 51.6 Å². The topological polar surface area (TPSA) is 74.7 Å². The Hall–Kier alpha value is -2.78. The van der Waals surface area contributed by atoms with Crippen LogP contribution < -0.4 is 4.74 Å².